The second kappa shape index (κ2) is 9.29. The van der Waals surface area contributed by atoms with Gasteiger partial charge in [-0.05, 0) is 28.1 Å². The third kappa shape index (κ3) is 5.06. The SMILES string of the molecule is Cl.c1ccc(CNCCSc2nnnn2-c2ccccc2)cc1. The van der Waals surface area contributed by atoms with E-state index in [9.17, 15) is 0 Å². The Morgan fingerprint density at radius 1 is 0.957 bits per heavy atom. The number of tetrazole rings is 1. The van der Waals surface area contributed by atoms with E-state index in [1.165, 1.54) is 5.56 Å². The highest BCUT2D eigenvalue weighted by molar-refractivity contribution is 7.99. The van der Waals surface area contributed by atoms with E-state index in [0.29, 0.717) is 0 Å². The van der Waals surface area contributed by atoms with Gasteiger partial charge in [0.05, 0.1) is 5.69 Å². The van der Waals surface area contributed by atoms with Crippen molar-refractivity contribution < 1.29 is 0 Å². The number of benzene rings is 2. The lowest BCUT2D eigenvalue weighted by molar-refractivity contribution is 0.728. The standard InChI is InChI=1S/C16H17N5S.ClH/c1-3-7-14(8-4-1)13-17-11-12-22-16-18-19-20-21(16)15-9-5-2-6-10-15;/h1-10,17H,11-13H2;1H. The summed E-state index contributed by atoms with van der Waals surface area (Å²) in [4.78, 5) is 0. The number of hydrogen-bond acceptors (Lipinski definition) is 5. The fourth-order valence-electron chi connectivity index (χ4n) is 2.04. The maximum atomic E-state index is 4.09. The first-order valence-electron chi connectivity index (χ1n) is 7.15. The molecule has 5 nitrogen and oxygen atoms in total. The van der Waals surface area contributed by atoms with E-state index >= 15 is 0 Å². The molecule has 1 aromatic heterocycles. The summed E-state index contributed by atoms with van der Waals surface area (Å²) in [5, 5.41) is 16.1. The predicted molar refractivity (Wildman–Crippen MR) is 95.3 cm³/mol. The number of nitrogens with zero attached hydrogens (tertiary/aromatic N) is 4. The Bertz CT molecular complexity index is 690. The largest absolute Gasteiger partial charge is 0.312 e. The number of aromatic nitrogens is 4. The van der Waals surface area contributed by atoms with Crippen LogP contribution < -0.4 is 5.32 Å². The fourth-order valence-corrected chi connectivity index (χ4v) is 2.83. The molecular weight excluding hydrogens is 330 g/mol. The van der Waals surface area contributed by atoms with Crippen LogP contribution in [-0.2, 0) is 6.54 Å². The van der Waals surface area contributed by atoms with Gasteiger partial charge in [0.15, 0.2) is 0 Å². The highest BCUT2D eigenvalue weighted by Crippen LogP contribution is 2.17. The molecule has 0 radical (unpaired) electrons. The summed E-state index contributed by atoms with van der Waals surface area (Å²) in [5.41, 5.74) is 2.27. The van der Waals surface area contributed by atoms with Crippen LogP contribution in [0.5, 0.6) is 0 Å². The molecule has 2 aromatic carbocycles. The van der Waals surface area contributed by atoms with Gasteiger partial charge in [-0.1, -0.05) is 60.3 Å². The van der Waals surface area contributed by atoms with Crippen LogP contribution in [-0.4, -0.2) is 32.5 Å². The molecule has 0 fully saturated rings. The fraction of sp³-hybridized carbons (Fsp3) is 0.188. The number of thioether (sulfide) groups is 1. The molecule has 0 saturated carbocycles. The molecule has 7 heteroatoms. The van der Waals surface area contributed by atoms with Crippen LogP contribution in [0.4, 0.5) is 0 Å². The molecule has 1 heterocycles. The molecule has 0 aliphatic rings. The van der Waals surface area contributed by atoms with Gasteiger partial charge in [0.2, 0.25) is 5.16 Å². The van der Waals surface area contributed by atoms with Crippen LogP contribution >= 0.6 is 24.2 Å². The highest BCUT2D eigenvalue weighted by Gasteiger charge is 2.07. The van der Waals surface area contributed by atoms with Gasteiger partial charge in [-0.25, -0.2) is 0 Å². The average molecular weight is 348 g/mol. The van der Waals surface area contributed by atoms with Crippen molar-refractivity contribution in [3.05, 3.63) is 66.2 Å². The lowest BCUT2D eigenvalue weighted by atomic mass is 10.2. The summed E-state index contributed by atoms with van der Waals surface area (Å²) in [6, 6.07) is 20.3. The third-order valence-corrected chi connectivity index (χ3v) is 4.04. The van der Waals surface area contributed by atoms with Crippen molar-refractivity contribution in [3.63, 3.8) is 0 Å². The molecular formula is C16H18ClN5S. The zero-order chi connectivity index (χ0) is 15.0. The topological polar surface area (TPSA) is 55.6 Å². The van der Waals surface area contributed by atoms with Crippen molar-refractivity contribution in [1.82, 2.24) is 25.5 Å². The molecule has 0 spiro atoms. The lowest BCUT2D eigenvalue weighted by Gasteiger charge is -2.05. The number of nitrogens with one attached hydrogen (secondary N) is 1. The molecule has 23 heavy (non-hydrogen) atoms. The molecule has 0 atom stereocenters. The van der Waals surface area contributed by atoms with Gasteiger partial charge in [-0.2, -0.15) is 4.68 Å². The van der Waals surface area contributed by atoms with Crippen LogP contribution in [0.15, 0.2) is 65.8 Å². The highest BCUT2D eigenvalue weighted by atomic mass is 35.5. The van der Waals surface area contributed by atoms with E-state index in [0.717, 1.165) is 29.7 Å². The normalized spacial score (nSPS) is 10.3. The Morgan fingerprint density at radius 2 is 1.65 bits per heavy atom. The minimum Gasteiger partial charge on any atom is -0.312 e. The molecule has 3 rings (SSSR count). The quantitative estimate of drug-likeness (QED) is 0.526. The monoisotopic (exact) mass is 347 g/mol. The molecule has 3 aromatic rings. The van der Waals surface area contributed by atoms with Gasteiger partial charge >= 0.3 is 0 Å². The maximum absolute atomic E-state index is 4.09. The summed E-state index contributed by atoms with van der Waals surface area (Å²) in [7, 11) is 0. The van der Waals surface area contributed by atoms with E-state index in [1.54, 1.807) is 16.4 Å². The van der Waals surface area contributed by atoms with Crippen molar-refractivity contribution in [2.24, 2.45) is 0 Å². The van der Waals surface area contributed by atoms with Crippen LogP contribution in [0.2, 0.25) is 0 Å². The third-order valence-electron chi connectivity index (χ3n) is 3.12. The van der Waals surface area contributed by atoms with E-state index in [4.69, 9.17) is 0 Å². The Labute approximate surface area is 145 Å². The van der Waals surface area contributed by atoms with Gasteiger partial charge in [0.25, 0.3) is 0 Å². The summed E-state index contributed by atoms with van der Waals surface area (Å²) >= 11 is 1.65. The summed E-state index contributed by atoms with van der Waals surface area (Å²) in [6.45, 7) is 1.78. The van der Waals surface area contributed by atoms with Crippen molar-refractivity contribution in [3.8, 4) is 5.69 Å². The van der Waals surface area contributed by atoms with Crippen LogP contribution in [0, 0.1) is 0 Å². The molecule has 120 valence electrons. The van der Waals surface area contributed by atoms with Crippen molar-refractivity contribution >= 4 is 24.2 Å². The first-order chi connectivity index (χ1) is 10.9. The van der Waals surface area contributed by atoms with Gasteiger partial charge in [-0.3, -0.25) is 0 Å². The molecule has 0 amide bonds. The van der Waals surface area contributed by atoms with Crippen molar-refractivity contribution in [1.29, 1.82) is 0 Å². The van der Waals surface area contributed by atoms with Crippen molar-refractivity contribution in [2.75, 3.05) is 12.3 Å². The molecule has 0 aliphatic heterocycles. The minimum atomic E-state index is 0. The smallest absolute Gasteiger partial charge is 0.214 e. The molecule has 0 bridgehead atoms. The Kier molecular flexibility index (Phi) is 7.06. The Morgan fingerprint density at radius 3 is 2.39 bits per heavy atom. The Hall–Kier alpha value is -1.89. The average Bonchev–Trinajstić information content (AvgIpc) is 3.05. The van der Waals surface area contributed by atoms with E-state index in [2.05, 4.69) is 45.1 Å². The molecule has 1 N–H and O–H groups in total. The van der Waals surface area contributed by atoms with Crippen LogP contribution in [0.25, 0.3) is 5.69 Å². The van der Waals surface area contributed by atoms with Crippen molar-refractivity contribution in [2.45, 2.75) is 11.7 Å². The molecule has 0 unspecified atom stereocenters. The molecule has 0 aliphatic carbocycles. The molecule has 0 saturated heterocycles. The van der Waals surface area contributed by atoms with Crippen LogP contribution in [0.3, 0.4) is 0 Å². The number of para-hydroxylation sites is 1. The predicted octanol–water partition coefficient (Wildman–Crippen LogP) is 2.97. The van der Waals surface area contributed by atoms with E-state index in [-0.39, 0.29) is 12.4 Å². The van der Waals surface area contributed by atoms with Gasteiger partial charge in [0, 0.05) is 18.8 Å². The second-order valence-electron chi connectivity index (χ2n) is 4.72. The van der Waals surface area contributed by atoms with Gasteiger partial charge in [-0.15, -0.1) is 17.5 Å². The number of halogens is 1. The minimum absolute atomic E-state index is 0. The zero-order valence-electron chi connectivity index (χ0n) is 12.5. The summed E-state index contributed by atoms with van der Waals surface area (Å²) in [6.07, 6.45) is 0. The zero-order valence-corrected chi connectivity index (χ0v) is 14.1. The summed E-state index contributed by atoms with van der Waals surface area (Å²) in [5.74, 6) is 0.917. The first-order valence-corrected chi connectivity index (χ1v) is 8.13. The number of hydrogen-bond donors (Lipinski definition) is 1. The Balaban J connectivity index is 0.00000192. The number of rotatable bonds is 7. The second-order valence-corrected chi connectivity index (χ2v) is 5.78. The van der Waals surface area contributed by atoms with Gasteiger partial charge < -0.3 is 5.32 Å². The lowest BCUT2D eigenvalue weighted by Crippen LogP contribution is -2.16. The van der Waals surface area contributed by atoms with E-state index in [1.807, 2.05) is 36.4 Å². The maximum Gasteiger partial charge on any atom is 0.214 e. The van der Waals surface area contributed by atoms with Crippen LogP contribution in [0.1, 0.15) is 5.56 Å². The first kappa shape index (κ1) is 17.5. The van der Waals surface area contributed by atoms with Gasteiger partial charge in [0.1, 0.15) is 0 Å². The van der Waals surface area contributed by atoms with E-state index < -0.39 is 0 Å². The summed E-state index contributed by atoms with van der Waals surface area (Å²) < 4.78 is 1.77.